The van der Waals surface area contributed by atoms with Crippen molar-refractivity contribution in [1.29, 1.82) is 0 Å². The van der Waals surface area contributed by atoms with E-state index >= 15 is 0 Å². The molecule has 1 atom stereocenters. The fourth-order valence-electron chi connectivity index (χ4n) is 2.99. The topological polar surface area (TPSA) is 63.1 Å². The van der Waals surface area contributed by atoms with Gasteiger partial charge in [-0.25, -0.2) is 9.67 Å². The molecule has 2 aromatic rings. The Bertz CT molecular complexity index is 700. The lowest BCUT2D eigenvalue weighted by molar-refractivity contribution is 0.0743. The number of pyridine rings is 1. The molecule has 1 aliphatic rings. The molecule has 118 valence electrons. The summed E-state index contributed by atoms with van der Waals surface area (Å²) in [5, 5.41) is 8.59. The molecule has 0 aromatic carbocycles. The van der Waals surface area contributed by atoms with Crippen LogP contribution >= 0.6 is 0 Å². The Balaban J connectivity index is 1.96. The third kappa shape index (κ3) is 2.47. The van der Waals surface area contributed by atoms with Crippen molar-refractivity contribution in [3.05, 3.63) is 23.5 Å². The number of rotatable bonds is 3. The van der Waals surface area contributed by atoms with E-state index in [1.807, 2.05) is 29.6 Å². The van der Waals surface area contributed by atoms with Crippen molar-refractivity contribution in [2.75, 3.05) is 20.1 Å². The number of hydrogen-bond acceptors (Lipinski definition) is 4. The minimum absolute atomic E-state index is 0.0397. The van der Waals surface area contributed by atoms with Gasteiger partial charge in [-0.05, 0) is 39.8 Å². The molecular formula is C16H23N5O. The van der Waals surface area contributed by atoms with Crippen molar-refractivity contribution >= 4 is 16.9 Å². The van der Waals surface area contributed by atoms with E-state index in [9.17, 15) is 4.79 Å². The van der Waals surface area contributed by atoms with Crippen molar-refractivity contribution in [3.8, 4) is 0 Å². The van der Waals surface area contributed by atoms with E-state index in [0.29, 0.717) is 5.56 Å². The van der Waals surface area contributed by atoms with Crippen LogP contribution in [0, 0.1) is 6.92 Å². The predicted octanol–water partition coefficient (Wildman–Crippen LogP) is 1.75. The molecule has 1 N–H and O–H groups in total. The molecule has 3 heterocycles. The highest BCUT2D eigenvalue weighted by molar-refractivity contribution is 5.98. The largest absolute Gasteiger partial charge is 0.337 e. The number of carbonyl (C=O) groups excluding carboxylic acids is 1. The molecule has 1 amide bonds. The molecule has 22 heavy (non-hydrogen) atoms. The summed E-state index contributed by atoms with van der Waals surface area (Å²) in [7, 11) is 1.88. The lowest BCUT2D eigenvalue weighted by atomic mass is 10.1. The van der Waals surface area contributed by atoms with Gasteiger partial charge in [0.15, 0.2) is 5.65 Å². The molecule has 6 nitrogen and oxygen atoms in total. The van der Waals surface area contributed by atoms with Crippen LogP contribution in [0.15, 0.2) is 12.3 Å². The molecule has 1 saturated heterocycles. The zero-order chi connectivity index (χ0) is 15.9. The summed E-state index contributed by atoms with van der Waals surface area (Å²) in [6.45, 7) is 7.87. The summed E-state index contributed by atoms with van der Waals surface area (Å²) in [5.74, 6) is 0.0397. The van der Waals surface area contributed by atoms with Crippen molar-refractivity contribution in [2.45, 2.75) is 39.3 Å². The summed E-state index contributed by atoms with van der Waals surface area (Å²) in [6, 6.07) is 2.43. The van der Waals surface area contributed by atoms with Crippen LogP contribution in [-0.2, 0) is 0 Å². The van der Waals surface area contributed by atoms with Crippen LogP contribution in [0.4, 0.5) is 0 Å². The summed E-state index contributed by atoms with van der Waals surface area (Å²) in [6.07, 6.45) is 2.79. The van der Waals surface area contributed by atoms with Crippen LogP contribution in [-0.4, -0.2) is 51.8 Å². The van der Waals surface area contributed by atoms with E-state index in [1.165, 1.54) is 0 Å². The second kappa shape index (κ2) is 5.68. The van der Waals surface area contributed by atoms with E-state index in [4.69, 9.17) is 0 Å². The fourth-order valence-corrected chi connectivity index (χ4v) is 2.99. The number of fused-ring (bicyclic) bond motifs is 1. The maximum absolute atomic E-state index is 12.8. The fraction of sp³-hybridized carbons (Fsp3) is 0.562. The monoisotopic (exact) mass is 301 g/mol. The number of carbonyl (C=O) groups is 1. The van der Waals surface area contributed by atoms with E-state index in [-0.39, 0.29) is 18.0 Å². The van der Waals surface area contributed by atoms with Crippen LogP contribution < -0.4 is 5.32 Å². The van der Waals surface area contributed by atoms with Crippen molar-refractivity contribution < 1.29 is 4.79 Å². The van der Waals surface area contributed by atoms with Crippen LogP contribution in [0.2, 0.25) is 0 Å². The van der Waals surface area contributed by atoms with Gasteiger partial charge < -0.3 is 10.2 Å². The van der Waals surface area contributed by atoms with Crippen LogP contribution in [0.25, 0.3) is 11.0 Å². The molecule has 0 spiro atoms. The smallest absolute Gasteiger partial charge is 0.255 e. The second-order valence-corrected chi connectivity index (χ2v) is 6.28. The number of aryl methyl sites for hydroxylation is 1. The number of amides is 1. The van der Waals surface area contributed by atoms with E-state index < -0.39 is 0 Å². The van der Waals surface area contributed by atoms with E-state index in [2.05, 4.69) is 29.2 Å². The summed E-state index contributed by atoms with van der Waals surface area (Å²) < 4.78 is 1.89. The molecule has 0 bridgehead atoms. The number of aromatic nitrogens is 3. The lowest BCUT2D eigenvalue weighted by Gasteiger charge is -2.24. The number of nitrogens with zero attached hydrogens (tertiary/aromatic N) is 4. The van der Waals surface area contributed by atoms with Crippen molar-refractivity contribution in [1.82, 2.24) is 25.0 Å². The molecule has 2 aromatic heterocycles. The molecule has 0 radical (unpaired) electrons. The predicted molar refractivity (Wildman–Crippen MR) is 86.0 cm³/mol. The Kier molecular flexibility index (Phi) is 3.87. The third-order valence-electron chi connectivity index (χ3n) is 4.38. The summed E-state index contributed by atoms with van der Waals surface area (Å²) in [5.41, 5.74) is 2.28. The van der Waals surface area contributed by atoms with Gasteiger partial charge in [0.2, 0.25) is 0 Å². The molecule has 3 rings (SSSR count). The van der Waals surface area contributed by atoms with E-state index in [1.54, 1.807) is 6.20 Å². The second-order valence-electron chi connectivity index (χ2n) is 6.28. The van der Waals surface area contributed by atoms with Gasteiger partial charge in [0.25, 0.3) is 5.91 Å². The Morgan fingerprint density at radius 2 is 2.27 bits per heavy atom. The number of nitrogens with one attached hydrogen (secondary N) is 1. The average molecular weight is 301 g/mol. The Labute approximate surface area is 130 Å². The number of hydrogen-bond donors (Lipinski definition) is 1. The van der Waals surface area contributed by atoms with Gasteiger partial charge in [0, 0.05) is 31.1 Å². The van der Waals surface area contributed by atoms with Gasteiger partial charge in [-0.1, -0.05) is 0 Å². The molecule has 0 aliphatic carbocycles. The molecule has 1 fully saturated rings. The molecular weight excluding hydrogens is 278 g/mol. The Morgan fingerprint density at radius 1 is 1.50 bits per heavy atom. The zero-order valence-corrected chi connectivity index (χ0v) is 13.6. The average Bonchev–Trinajstić information content (AvgIpc) is 3.13. The van der Waals surface area contributed by atoms with Gasteiger partial charge in [-0.2, -0.15) is 5.10 Å². The summed E-state index contributed by atoms with van der Waals surface area (Å²) >= 11 is 0. The molecule has 0 unspecified atom stereocenters. The van der Waals surface area contributed by atoms with E-state index in [0.717, 1.165) is 36.2 Å². The van der Waals surface area contributed by atoms with Crippen LogP contribution in [0.3, 0.4) is 0 Å². The van der Waals surface area contributed by atoms with Gasteiger partial charge in [0.05, 0.1) is 17.5 Å². The third-order valence-corrected chi connectivity index (χ3v) is 4.38. The SMILES string of the molecule is Cc1nc2c(cnn2C(C)C)cc1C(=O)N(C)[C@@H]1CCNC1. The Morgan fingerprint density at radius 3 is 2.91 bits per heavy atom. The Hall–Kier alpha value is -1.95. The first-order valence-corrected chi connectivity index (χ1v) is 7.81. The number of likely N-dealkylation sites (N-methyl/N-ethyl adjacent to an activating group) is 1. The highest BCUT2D eigenvalue weighted by Crippen LogP contribution is 2.21. The van der Waals surface area contributed by atoms with Crippen LogP contribution in [0.1, 0.15) is 42.4 Å². The zero-order valence-electron chi connectivity index (χ0n) is 13.6. The quantitative estimate of drug-likeness (QED) is 0.938. The van der Waals surface area contributed by atoms with Gasteiger partial charge >= 0.3 is 0 Å². The minimum atomic E-state index is 0.0397. The molecule has 0 saturated carbocycles. The highest BCUT2D eigenvalue weighted by Gasteiger charge is 2.26. The van der Waals surface area contributed by atoms with Crippen molar-refractivity contribution in [2.24, 2.45) is 0 Å². The standard InChI is InChI=1S/C16H23N5O/c1-10(2)21-15-12(8-18-21)7-14(11(3)19-15)16(22)20(4)13-5-6-17-9-13/h7-8,10,13,17H,5-6,9H2,1-4H3/t13-/m1/s1. The highest BCUT2D eigenvalue weighted by atomic mass is 16.2. The van der Waals surface area contributed by atoms with Crippen LogP contribution in [0.5, 0.6) is 0 Å². The first-order valence-electron chi connectivity index (χ1n) is 7.81. The van der Waals surface area contributed by atoms with Gasteiger partial charge in [0.1, 0.15) is 0 Å². The maximum Gasteiger partial charge on any atom is 0.255 e. The van der Waals surface area contributed by atoms with Gasteiger partial charge in [-0.3, -0.25) is 4.79 Å². The first-order chi connectivity index (χ1) is 10.5. The molecule has 6 heteroatoms. The lowest BCUT2D eigenvalue weighted by Crippen LogP contribution is -2.38. The minimum Gasteiger partial charge on any atom is -0.337 e. The van der Waals surface area contributed by atoms with Gasteiger partial charge in [-0.15, -0.1) is 0 Å². The van der Waals surface area contributed by atoms with Crippen molar-refractivity contribution in [3.63, 3.8) is 0 Å². The summed E-state index contributed by atoms with van der Waals surface area (Å²) in [4.78, 5) is 19.2. The normalized spacial score (nSPS) is 18.3. The molecule has 1 aliphatic heterocycles. The first kappa shape index (κ1) is 15.0. The maximum atomic E-state index is 12.8.